The van der Waals surface area contributed by atoms with E-state index in [1.165, 1.54) is 0 Å². The SMILES string of the molecule is C=CCC1(C)CCCC(CC(=O)O)C1=O. The maximum Gasteiger partial charge on any atom is 0.304 e. The van der Waals surface area contributed by atoms with Crippen molar-refractivity contribution < 1.29 is 14.7 Å². The second kappa shape index (κ2) is 4.60. The molecule has 0 aromatic carbocycles. The zero-order valence-corrected chi connectivity index (χ0v) is 9.16. The number of Topliss-reactive ketones (excluding diaryl/α,β-unsaturated/α-hetero) is 1. The minimum absolute atomic E-state index is 0.0223. The molecule has 3 heteroatoms. The van der Waals surface area contributed by atoms with Crippen molar-refractivity contribution in [3.8, 4) is 0 Å². The molecule has 1 aliphatic carbocycles. The fourth-order valence-corrected chi connectivity index (χ4v) is 2.41. The van der Waals surface area contributed by atoms with Crippen LogP contribution in [0.15, 0.2) is 12.7 Å². The second-order valence-corrected chi connectivity index (χ2v) is 4.60. The number of carbonyl (C=O) groups is 2. The van der Waals surface area contributed by atoms with Gasteiger partial charge in [0.25, 0.3) is 0 Å². The summed E-state index contributed by atoms with van der Waals surface area (Å²) >= 11 is 0. The third-order valence-corrected chi connectivity index (χ3v) is 3.26. The van der Waals surface area contributed by atoms with Crippen LogP contribution in [0, 0.1) is 11.3 Å². The zero-order valence-electron chi connectivity index (χ0n) is 9.16. The zero-order chi connectivity index (χ0) is 11.5. The number of carboxylic acid groups (broad SMARTS) is 1. The molecule has 15 heavy (non-hydrogen) atoms. The van der Waals surface area contributed by atoms with Gasteiger partial charge in [-0.15, -0.1) is 6.58 Å². The Bertz CT molecular complexity index is 283. The van der Waals surface area contributed by atoms with Gasteiger partial charge < -0.3 is 5.11 Å². The lowest BCUT2D eigenvalue weighted by Crippen LogP contribution is -2.38. The Balaban J connectivity index is 2.74. The molecule has 1 fully saturated rings. The number of rotatable bonds is 4. The first-order valence-corrected chi connectivity index (χ1v) is 5.36. The molecule has 0 aromatic rings. The van der Waals surface area contributed by atoms with E-state index in [1.54, 1.807) is 6.08 Å². The standard InChI is InChI=1S/C12H18O3/c1-3-6-12(2)7-4-5-9(11(12)15)8-10(13)14/h3,9H,1,4-8H2,2H3,(H,13,14). The smallest absolute Gasteiger partial charge is 0.304 e. The van der Waals surface area contributed by atoms with E-state index >= 15 is 0 Å². The van der Waals surface area contributed by atoms with E-state index in [2.05, 4.69) is 6.58 Å². The molecule has 0 radical (unpaired) electrons. The van der Waals surface area contributed by atoms with Crippen LogP contribution in [0.25, 0.3) is 0 Å². The van der Waals surface area contributed by atoms with Gasteiger partial charge in [-0.3, -0.25) is 9.59 Å². The fourth-order valence-electron chi connectivity index (χ4n) is 2.41. The van der Waals surface area contributed by atoms with Crippen molar-refractivity contribution in [1.82, 2.24) is 0 Å². The van der Waals surface area contributed by atoms with Crippen molar-refractivity contribution in [1.29, 1.82) is 0 Å². The molecular weight excluding hydrogens is 192 g/mol. The highest BCUT2D eigenvalue weighted by molar-refractivity contribution is 5.90. The van der Waals surface area contributed by atoms with Crippen LogP contribution < -0.4 is 0 Å². The van der Waals surface area contributed by atoms with Gasteiger partial charge >= 0.3 is 5.97 Å². The summed E-state index contributed by atoms with van der Waals surface area (Å²) in [5.41, 5.74) is -0.375. The summed E-state index contributed by atoms with van der Waals surface area (Å²) in [6.45, 7) is 5.57. The molecule has 3 nitrogen and oxygen atoms in total. The van der Waals surface area contributed by atoms with Crippen molar-refractivity contribution in [2.24, 2.45) is 11.3 Å². The topological polar surface area (TPSA) is 54.4 Å². The van der Waals surface area contributed by atoms with Gasteiger partial charge in [-0.05, 0) is 19.3 Å². The lowest BCUT2D eigenvalue weighted by Gasteiger charge is -2.35. The van der Waals surface area contributed by atoms with Crippen LogP contribution in [0.3, 0.4) is 0 Å². The van der Waals surface area contributed by atoms with Gasteiger partial charge in [0.15, 0.2) is 0 Å². The molecule has 0 aliphatic heterocycles. The summed E-state index contributed by atoms with van der Waals surface area (Å²) < 4.78 is 0. The maximum absolute atomic E-state index is 12.1. The molecule has 2 unspecified atom stereocenters. The molecule has 2 atom stereocenters. The summed E-state index contributed by atoms with van der Waals surface area (Å²) in [7, 11) is 0. The van der Waals surface area contributed by atoms with Crippen LogP contribution in [0.2, 0.25) is 0 Å². The number of carboxylic acids is 1. The van der Waals surface area contributed by atoms with Gasteiger partial charge in [0.2, 0.25) is 0 Å². The highest BCUT2D eigenvalue weighted by atomic mass is 16.4. The van der Waals surface area contributed by atoms with Gasteiger partial charge in [-0.2, -0.15) is 0 Å². The molecule has 0 heterocycles. The molecule has 1 N–H and O–H groups in total. The number of allylic oxidation sites excluding steroid dienone is 1. The summed E-state index contributed by atoms with van der Waals surface area (Å²) in [6, 6.07) is 0. The summed E-state index contributed by atoms with van der Waals surface area (Å²) in [5.74, 6) is -1.06. The van der Waals surface area contributed by atoms with E-state index in [-0.39, 0.29) is 23.5 Å². The largest absolute Gasteiger partial charge is 0.481 e. The van der Waals surface area contributed by atoms with E-state index in [0.717, 1.165) is 19.3 Å². The first kappa shape index (κ1) is 12.0. The molecule has 0 amide bonds. The van der Waals surface area contributed by atoms with Gasteiger partial charge in [-0.1, -0.05) is 19.4 Å². The average molecular weight is 210 g/mol. The van der Waals surface area contributed by atoms with Crippen molar-refractivity contribution in [3.05, 3.63) is 12.7 Å². The van der Waals surface area contributed by atoms with Crippen LogP contribution in [0.4, 0.5) is 0 Å². The van der Waals surface area contributed by atoms with Crippen LogP contribution >= 0.6 is 0 Å². The van der Waals surface area contributed by atoms with E-state index in [4.69, 9.17) is 5.11 Å². The predicted octanol–water partition coefficient (Wildman–Crippen LogP) is 2.41. The Labute approximate surface area is 90.2 Å². The number of ketones is 1. The number of hydrogen-bond acceptors (Lipinski definition) is 2. The van der Waals surface area contributed by atoms with Crippen LogP contribution in [-0.2, 0) is 9.59 Å². The van der Waals surface area contributed by atoms with Crippen molar-refractivity contribution in [2.45, 2.75) is 39.0 Å². The molecule has 0 spiro atoms. The minimum atomic E-state index is -0.879. The van der Waals surface area contributed by atoms with E-state index in [9.17, 15) is 9.59 Å². The summed E-state index contributed by atoms with van der Waals surface area (Å²) in [5, 5.41) is 8.71. The van der Waals surface area contributed by atoms with Gasteiger partial charge in [-0.25, -0.2) is 0 Å². The Morgan fingerprint density at radius 3 is 2.93 bits per heavy atom. The Kier molecular flexibility index (Phi) is 3.66. The molecule has 1 rings (SSSR count). The first-order chi connectivity index (χ1) is 6.99. The third kappa shape index (κ3) is 2.67. The molecular formula is C12H18O3. The van der Waals surface area contributed by atoms with Crippen molar-refractivity contribution in [2.75, 3.05) is 0 Å². The van der Waals surface area contributed by atoms with E-state index in [0.29, 0.717) is 6.42 Å². The average Bonchev–Trinajstić information content (AvgIpc) is 2.13. The number of hydrogen-bond donors (Lipinski definition) is 1. The highest BCUT2D eigenvalue weighted by Crippen LogP contribution is 2.39. The van der Waals surface area contributed by atoms with Gasteiger partial charge in [0.05, 0.1) is 6.42 Å². The lowest BCUT2D eigenvalue weighted by molar-refractivity contribution is -0.144. The van der Waals surface area contributed by atoms with Crippen LogP contribution in [0.1, 0.15) is 39.0 Å². The van der Waals surface area contributed by atoms with Crippen LogP contribution in [-0.4, -0.2) is 16.9 Å². The van der Waals surface area contributed by atoms with Crippen LogP contribution in [0.5, 0.6) is 0 Å². The molecule has 1 aliphatic rings. The summed E-state index contributed by atoms with van der Waals surface area (Å²) in [4.78, 5) is 22.7. The molecule has 84 valence electrons. The molecule has 0 aromatic heterocycles. The normalized spacial score (nSPS) is 31.3. The van der Waals surface area contributed by atoms with Crippen molar-refractivity contribution >= 4 is 11.8 Å². The molecule has 1 saturated carbocycles. The third-order valence-electron chi connectivity index (χ3n) is 3.26. The second-order valence-electron chi connectivity index (χ2n) is 4.60. The fraction of sp³-hybridized carbons (Fsp3) is 0.667. The highest BCUT2D eigenvalue weighted by Gasteiger charge is 2.40. The lowest BCUT2D eigenvalue weighted by atomic mass is 9.67. The van der Waals surface area contributed by atoms with Crippen molar-refractivity contribution in [3.63, 3.8) is 0 Å². The first-order valence-electron chi connectivity index (χ1n) is 5.36. The number of aliphatic carboxylic acids is 1. The van der Waals surface area contributed by atoms with Gasteiger partial charge in [0, 0.05) is 11.3 Å². The van der Waals surface area contributed by atoms with E-state index < -0.39 is 5.97 Å². The summed E-state index contributed by atoms with van der Waals surface area (Å²) in [6.07, 6.45) is 4.90. The maximum atomic E-state index is 12.1. The Morgan fingerprint density at radius 1 is 1.73 bits per heavy atom. The molecule has 0 bridgehead atoms. The predicted molar refractivity (Wildman–Crippen MR) is 57.5 cm³/mol. The van der Waals surface area contributed by atoms with E-state index in [1.807, 2.05) is 6.92 Å². The number of carbonyl (C=O) groups excluding carboxylic acids is 1. The molecule has 0 saturated heterocycles. The Morgan fingerprint density at radius 2 is 2.40 bits per heavy atom. The Hall–Kier alpha value is -1.12. The van der Waals surface area contributed by atoms with Gasteiger partial charge in [0.1, 0.15) is 5.78 Å². The quantitative estimate of drug-likeness (QED) is 0.725. The minimum Gasteiger partial charge on any atom is -0.481 e. The monoisotopic (exact) mass is 210 g/mol.